The molecule has 0 fully saturated rings. The lowest BCUT2D eigenvalue weighted by atomic mass is 10.2. The maximum absolute atomic E-state index is 12.9. The number of methoxy groups -OCH3 is 1. The van der Waals surface area contributed by atoms with Crippen LogP contribution in [0.2, 0.25) is 0 Å². The van der Waals surface area contributed by atoms with E-state index in [0.29, 0.717) is 29.3 Å². The number of halogens is 4. The fraction of sp³-hybridized carbons (Fsp3) is 0.167. The molecule has 3 aromatic carbocycles. The Balaban J connectivity index is 0.000000374. The van der Waals surface area contributed by atoms with Gasteiger partial charge in [-0.25, -0.2) is 14.4 Å². The quantitative estimate of drug-likeness (QED) is 0.371. The van der Waals surface area contributed by atoms with Gasteiger partial charge in [-0.2, -0.15) is 13.2 Å². The highest BCUT2D eigenvalue weighted by atomic mass is 19.4. The zero-order valence-electron chi connectivity index (χ0n) is 17.9. The van der Waals surface area contributed by atoms with Crippen LogP contribution in [0.15, 0.2) is 72.8 Å². The number of alkyl halides is 3. The van der Waals surface area contributed by atoms with Crippen molar-refractivity contribution in [1.29, 1.82) is 0 Å². The van der Waals surface area contributed by atoms with Gasteiger partial charge in [0.25, 0.3) is 0 Å². The maximum Gasteiger partial charge on any atom is 0.416 e. The lowest BCUT2D eigenvalue weighted by molar-refractivity contribution is -0.137. The first-order chi connectivity index (χ1) is 15.8. The molecule has 1 aromatic heterocycles. The van der Waals surface area contributed by atoms with Crippen LogP contribution in [0.5, 0.6) is 17.4 Å². The van der Waals surface area contributed by atoms with Crippen LogP contribution in [0.1, 0.15) is 11.3 Å². The summed E-state index contributed by atoms with van der Waals surface area (Å²) in [4.78, 5) is 8.63. The zero-order valence-corrected chi connectivity index (χ0v) is 17.9. The molecule has 4 rings (SSSR count). The van der Waals surface area contributed by atoms with Gasteiger partial charge >= 0.3 is 6.18 Å². The number of hydrogen-bond acceptors (Lipinski definition) is 5. The van der Waals surface area contributed by atoms with E-state index in [0.717, 1.165) is 12.1 Å². The molecule has 1 N–H and O–H groups in total. The molecule has 1 heterocycles. The second-order valence-corrected chi connectivity index (χ2v) is 6.78. The first kappa shape index (κ1) is 23.9. The highest BCUT2D eigenvalue weighted by Gasteiger charge is 2.30. The molecule has 172 valence electrons. The SMILES string of the molecule is CNCc1nc2cc(C(F)(F)F)ccc2nc1Oc1ccc(OC)cc1.Fc1ccccc1. The summed E-state index contributed by atoms with van der Waals surface area (Å²) < 4.78 is 61.5. The van der Waals surface area contributed by atoms with Crippen LogP contribution < -0.4 is 14.8 Å². The molecule has 0 aliphatic carbocycles. The molecule has 0 saturated heterocycles. The molecule has 0 atom stereocenters. The standard InChI is InChI=1S/C18H16F3N3O2.C6H5F/c1-22-10-16-17(26-13-6-4-12(25-2)5-7-13)24-14-8-3-11(18(19,20)21)9-15(14)23-16;7-6-4-2-1-3-5-6/h3-9,22H,10H2,1-2H3;1-5H. The van der Waals surface area contributed by atoms with Crippen LogP contribution in [-0.4, -0.2) is 24.1 Å². The second kappa shape index (κ2) is 10.7. The number of nitrogens with zero attached hydrogens (tertiary/aromatic N) is 2. The van der Waals surface area contributed by atoms with Crippen molar-refractivity contribution in [2.24, 2.45) is 0 Å². The van der Waals surface area contributed by atoms with E-state index in [9.17, 15) is 17.6 Å². The topological polar surface area (TPSA) is 56.3 Å². The predicted octanol–water partition coefficient (Wildman–Crippen LogP) is 5.99. The minimum Gasteiger partial charge on any atom is -0.497 e. The molecule has 0 bridgehead atoms. The van der Waals surface area contributed by atoms with Crippen molar-refractivity contribution >= 4 is 11.0 Å². The van der Waals surface area contributed by atoms with Crippen LogP contribution in [0.3, 0.4) is 0 Å². The van der Waals surface area contributed by atoms with E-state index in [1.54, 1.807) is 56.6 Å². The lowest BCUT2D eigenvalue weighted by Gasteiger charge is -2.12. The van der Waals surface area contributed by atoms with Crippen LogP contribution in [0.25, 0.3) is 11.0 Å². The minimum absolute atomic E-state index is 0.159. The Kier molecular flexibility index (Phi) is 7.78. The number of nitrogens with one attached hydrogen (secondary N) is 1. The van der Waals surface area contributed by atoms with Gasteiger partial charge in [-0.1, -0.05) is 18.2 Å². The Bertz CT molecular complexity index is 1180. The summed E-state index contributed by atoms with van der Waals surface area (Å²) >= 11 is 0. The monoisotopic (exact) mass is 459 g/mol. The highest BCUT2D eigenvalue weighted by molar-refractivity contribution is 5.76. The molecule has 5 nitrogen and oxygen atoms in total. The number of aromatic nitrogens is 2. The van der Waals surface area contributed by atoms with Crippen LogP contribution in [0.4, 0.5) is 17.6 Å². The van der Waals surface area contributed by atoms with Gasteiger partial charge in [0.15, 0.2) is 0 Å². The van der Waals surface area contributed by atoms with Crippen molar-refractivity contribution < 1.29 is 27.0 Å². The number of hydrogen-bond donors (Lipinski definition) is 1. The average Bonchev–Trinajstić information content (AvgIpc) is 2.80. The molecule has 0 saturated carbocycles. The Hall–Kier alpha value is -3.72. The molecule has 0 unspecified atom stereocenters. The zero-order chi connectivity index (χ0) is 23.8. The summed E-state index contributed by atoms with van der Waals surface area (Å²) in [5, 5.41) is 2.91. The third kappa shape index (κ3) is 6.63. The Morgan fingerprint density at radius 1 is 0.848 bits per heavy atom. The third-order valence-corrected chi connectivity index (χ3v) is 4.38. The van der Waals surface area contributed by atoms with Gasteiger partial charge in [-0.3, -0.25) is 0 Å². The normalized spacial score (nSPS) is 11.0. The van der Waals surface area contributed by atoms with Gasteiger partial charge in [-0.05, 0) is 61.6 Å². The van der Waals surface area contributed by atoms with Crippen molar-refractivity contribution in [3.05, 3.63) is 89.9 Å². The van der Waals surface area contributed by atoms with Gasteiger partial charge in [0.2, 0.25) is 5.88 Å². The number of benzene rings is 3. The molecule has 33 heavy (non-hydrogen) atoms. The fourth-order valence-corrected chi connectivity index (χ4v) is 2.79. The van der Waals surface area contributed by atoms with E-state index < -0.39 is 11.7 Å². The summed E-state index contributed by atoms with van der Waals surface area (Å²) in [7, 11) is 3.26. The van der Waals surface area contributed by atoms with E-state index in [4.69, 9.17) is 9.47 Å². The van der Waals surface area contributed by atoms with Gasteiger partial charge in [0.05, 0.1) is 23.7 Å². The van der Waals surface area contributed by atoms with Gasteiger partial charge < -0.3 is 14.8 Å². The van der Waals surface area contributed by atoms with Crippen molar-refractivity contribution in [2.75, 3.05) is 14.2 Å². The van der Waals surface area contributed by atoms with Crippen LogP contribution in [0, 0.1) is 5.82 Å². The van der Waals surface area contributed by atoms with E-state index >= 15 is 0 Å². The number of fused-ring (bicyclic) bond motifs is 1. The number of rotatable bonds is 5. The molecular weight excluding hydrogens is 438 g/mol. The number of ether oxygens (including phenoxy) is 2. The summed E-state index contributed by atoms with van der Waals surface area (Å²) in [5.74, 6) is 1.25. The molecule has 4 aromatic rings. The van der Waals surface area contributed by atoms with Gasteiger partial charge in [0, 0.05) is 6.54 Å². The van der Waals surface area contributed by atoms with Crippen molar-refractivity contribution in [3.63, 3.8) is 0 Å². The summed E-state index contributed by atoms with van der Waals surface area (Å²) in [6, 6.07) is 18.1. The van der Waals surface area contributed by atoms with Gasteiger partial charge in [0.1, 0.15) is 23.0 Å². The second-order valence-electron chi connectivity index (χ2n) is 6.78. The molecule has 0 aliphatic heterocycles. The largest absolute Gasteiger partial charge is 0.497 e. The fourth-order valence-electron chi connectivity index (χ4n) is 2.79. The average molecular weight is 459 g/mol. The molecule has 0 spiro atoms. The molecule has 0 amide bonds. The van der Waals surface area contributed by atoms with E-state index in [1.165, 1.54) is 18.2 Å². The van der Waals surface area contributed by atoms with Gasteiger partial charge in [-0.15, -0.1) is 0 Å². The Labute approximate surface area is 188 Å². The summed E-state index contributed by atoms with van der Waals surface area (Å²) in [5.41, 5.74) is 0.127. The molecule has 0 aliphatic rings. The van der Waals surface area contributed by atoms with Crippen LogP contribution >= 0.6 is 0 Å². The Morgan fingerprint density at radius 2 is 1.52 bits per heavy atom. The first-order valence-electron chi connectivity index (χ1n) is 9.85. The first-order valence-corrected chi connectivity index (χ1v) is 9.85. The predicted molar refractivity (Wildman–Crippen MR) is 117 cm³/mol. The molecule has 9 heteroatoms. The maximum atomic E-state index is 12.9. The lowest BCUT2D eigenvalue weighted by Crippen LogP contribution is -2.10. The van der Waals surface area contributed by atoms with Crippen LogP contribution in [-0.2, 0) is 12.7 Å². The molecule has 0 radical (unpaired) electrons. The summed E-state index contributed by atoms with van der Waals surface area (Å²) in [6.07, 6.45) is -4.43. The van der Waals surface area contributed by atoms with Crippen molar-refractivity contribution in [2.45, 2.75) is 12.7 Å². The third-order valence-electron chi connectivity index (χ3n) is 4.38. The summed E-state index contributed by atoms with van der Waals surface area (Å²) in [6.45, 7) is 0.296. The van der Waals surface area contributed by atoms with E-state index in [2.05, 4.69) is 15.3 Å². The van der Waals surface area contributed by atoms with E-state index in [-0.39, 0.29) is 17.2 Å². The minimum atomic E-state index is -4.43. The molecular formula is C24H21F4N3O2. The smallest absolute Gasteiger partial charge is 0.416 e. The van der Waals surface area contributed by atoms with Crippen molar-refractivity contribution in [1.82, 2.24) is 15.3 Å². The van der Waals surface area contributed by atoms with E-state index in [1.807, 2.05) is 0 Å². The van der Waals surface area contributed by atoms with Crippen molar-refractivity contribution in [3.8, 4) is 17.4 Å². The highest BCUT2D eigenvalue weighted by Crippen LogP contribution is 2.32. The Morgan fingerprint density at radius 3 is 2.06 bits per heavy atom.